The molecule has 0 radical (unpaired) electrons. The van der Waals surface area contributed by atoms with Crippen LogP contribution in [0.25, 0.3) is 0 Å². The van der Waals surface area contributed by atoms with E-state index in [1.807, 2.05) is 27.7 Å². The monoisotopic (exact) mass is 254 g/mol. The van der Waals surface area contributed by atoms with E-state index in [0.29, 0.717) is 0 Å². The van der Waals surface area contributed by atoms with Crippen molar-refractivity contribution < 1.29 is 0 Å². The molecule has 3 aliphatic carbocycles. The maximum absolute atomic E-state index is 2.52. The molecule has 3 fully saturated rings. The fraction of sp³-hybridized carbons (Fsp3) is 1.00. The Kier molecular flexibility index (Phi) is 8.99. The molecule has 0 N–H and O–H groups in total. The minimum atomic E-state index is 0.756. The van der Waals surface area contributed by atoms with Crippen LogP contribution in [0.2, 0.25) is 0 Å². The molecule has 3 saturated carbocycles. The van der Waals surface area contributed by atoms with E-state index in [1.165, 1.54) is 44.9 Å². The Morgan fingerprint density at radius 3 is 1.56 bits per heavy atom. The van der Waals surface area contributed by atoms with Gasteiger partial charge in [-0.2, -0.15) is 0 Å². The molecule has 0 unspecified atom stereocenters. The van der Waals surface area contributed by atoms with Crippen molar-refractivity contribution in [1.82, 2.24) is 0 Å². The molecule has 0 saturated heterocycles. The molecule has 3 aliphatic rings. The Balaban J connectivity index is 0.000000659. The summed E-state index contributed by atoms with van der Waals surface area (Å²) in [6.07, 6.45) is 15.1. The molecular weight excluding hydrogens is 216 g/mol. The first-order valence-corrected chi connectivity index (χ1v) is 8.68. The van der Waals surface area contributed by atoms with Gasteiger partial charge in [0.1, 0.15) is 0 Å². The van der Waals surface area contributed by atoms with Crippen LogP contribution in [-0.4, -0.2) is 0 Å². The second kappa shape index (κ2) is 8.99. The Morgan fingerprint density at radius 1 is 0.722 bits per heavy atom. The number of fused-ring (bicyclic) bond motifs is 3. The van der Waals surface area contributed by atoms with Crippen molar-refractivity contribution >= 4 is 0 Å². The number of hydrogen-bond acceptors (Lipinski definition) is 0. The number of rotatable bonds is 4. The fourth-order valence-corrected chi connectivity index (χ4v) is 3.58. The maximum Gasteiger partial charge on any atom is -0.0297 e. The molecule has 110 valence electrons. The molecule has 0 heterocycles. The standard InChI is InChI=1S/C14H26.2C2H6/c1-3-4-5-6-14-10-7-13(2,8-11-14)9-12-14;2*1-2/h3-12H2,1-2H3;2*1-2H3. The molecule has 0 amide bonds. The van der Waals surface area contributed by atoms with Crippen LogP contribution in [0.5, 0.6) is 0 Å². The lowest BCUT2D eigenvalue weighted by Crippen LogP contribution is -2.39. The second-order valence-electron chi connectivity index (χ2n) is 6.27. The van der Waals surface area contributed by atoms with Crippen LogP contribution in [0.1, 0.15) is 106 Å². The summed E-state index contributed by atoms with van der Waals surface area (Å²) >= 11 is 0. The Hall–Kier alpha value is 0. The SMILES string of the molecule is CC.CC.CCCCCC12CCC(C)(CC1)CC2. The molecule has 0 aromatic heterocycles. The molecule has 3 rings (SSSR count). The summed E-state index contributed by atoms with van der Waals surface area (Å²) in [5, 5.41) is 0. The van der Waals surface area contributed by atoms with Crippen molar-refractivity contribution in [3.8, 4) is 0 Å². The van der Waals surface area contributed by atoms with E-state index in [1.54, 1.807) is 19.3 Å². The van der Waals surface area contributed by atoms with Gasteiger partial charge in [-0.25, -0.2) is 0 Å². The van der Waals surface area contributed by atoms with Crippen molar-refractivity contribution in [2.45, 2.75) is 106 Å². The topological polar surface area (TPSA) is 0 Å². The predicted molar refractivity (Wildman–Crippen MR) is 85.1 cm³/mol. The van der Waals surface area contributed by atoms with E-state index < -0.39 is 0 Å². The first-order chi connectivity index (χ1) is 8.68. The molecule has 0 spiro atoms. The number of unbranched alkanes of at least 4 members (excludes halogenated alkanes) is 2. The molecule has 2 bridgehead atoms. The van der Waals surface area contributed by atoms with Crippen molar-refractivity contribution in [3.05, 3.63) is 0 Å². The van der Waals surface area contributed by atoms with E-state index >= 15 is 0 Å². The Bertz CT molecular complexity index is 168. The molecule has 0 aliphatic heterocycles. The van der Waals surface area contributed by atoms with Crippen LogP contribution in [0.3, 0.4) is 0 Å². The first kappa shape index (κ1) is 18.0. The van der Waals surface area contributed by atoms with E-state index in [-0.39, 0.29) is 0 Å². The predicted octanol–water partition coefficient (Wildman–Crippen LogP) is 6.98. The Labute approximate surface area is 117 Å². The second-order valence-corrected chi connectivity index (χ2v) is 6.27. The highest BCUT2D eigenvalue weighted by molar-refractivity contribution is 4.97. The van der Waals surface area contributed by atoms with Gasteiger partial charge in [-0.15, -0.1) is 0 Å². The van der Waals surface area contributed by atoms with Gasteiger partial charge in [0.2, 0.25) is 0 Å². The van der Waals surface area contributed by atoms with Crippen molar-refractivity contribution in [2.24, 2.45) is 10.8 Å². The molecule has 0 nitrogen and oxygen atoms in total. The average Bonchev–Trinajstić information content (AvgIpc) is 2.45. The summed E-state index contributed by atoms with van der Waals surface area (Å²) in [7, 11) is 0. The van der Waals surface area contributed by atoms with Gasteiger partial charge in [0.15, 0.2) is 0 Å². The van der Waals surface area contributed by atoms with Crippen molar-refractivity contribution in [1.29, 1.82) is 0 Å². The highest BCUT2D eigenvalue weighted by Gasteiger charge is 2.45. The summed E-state index contributed by atoms with van der Waals surface area (Å²) in [5.41, 5.74) is 1.57. The van der Waals surface area contributed by atoms with Crippen molar-refractivity contribution in [3.63, 3.8) is 0 Å². The van der Waals surface area contributed by atoms with Gasteiger partial charge >= 0.3 is 0 Å². The lowest BCUT2D eigenvalue weighted by molar-refractivity contribution is -0.00406. The third-order valence-electron chi connectivity index (χ3n) is 5.09. The first-order valence-electron chi connectivity index (χ1n) is 8.68. The van der Waals surface area contributed by atoms with E-state index in [2.05, 4.69) is 13.8 Å². The van der Waals surface area contributed by atoms with E-state index in [9.17, 15) is 0 Å². The van der Waals surface area contributed by atoms with Gasteiger partial charge in [0.05, 0.1) is 0 Å². The smallest absolute Gasteiger partial charge is 0.0297 e. The van der Waals surface area contributed by atoms with E-state index in [4.69, 9.17) is 0 Å². The van der Waals surface area contributed by atoms with Gasteiger partial charge in [-0.05, 0) is 55.8 Å². The molecule has 18 heavy (non-hydrogen) atoms. The zero-order valence-corrected chi connectivity index (χ0v) is 14.1. The normalized spacial score (nSPS) is 33.0. The summed E-state index contributed by atoms with van der Waals surface area (Å²) in [4.78, 5) is 0. The minimum Gasteiger partial charge on any atom is -0.0683 e. The molecular formula is C18H38. The quantitative estimate of drug-likeness (QED) is 0.475. The van der Waals surface area contributed by atoms with Crippen molar-refractivity contribution in [2.75, 3.05) is 0 Å². The van der Waals surface area contributed by atoms with Crippen LogP contribution in [0.4, 0.5) is 0 Å². The van der Waals surface area contributed by atoms with Crippen LogP contribution >= 0.6 is 0 Å². The number of hydrogen-bond donors (Lipinski definition) is 0. The minimum absolute atomic E-state index is 0.756. The summed E-state index contributed by atoms with van der Waals surface area (Å²) in [5.74, 6) is 0. The van der Waals surface area contributed by atoms with Gasteiger partial charge in [0, 0.05) is 0 Å². The zero-order chi connectivity index (χ0) is 14.1. The fourth-order valence-electron chi connectivity index (χ4n) is 3.58. The molecule has 0 aromatic carbocycles. The average molecular weight is 255 g/mol. The summed E-state index contributed by atoms with van der Waals surface area (Å²) in [6, 6.07) is 0. The zero-order valence-electron chi connectivity index (χ0n) is 14.1. The molecule has 0 atom stereocenters. The Morgan fingerprint density at radius 2 is 1.17 bits per heavy atom. The highest BCUT2D eigenvalue weighted by atomic mass is 14.5. The summed E-state index contributed by atoms with van der Waals surface area (Å²) in [6.45, 7) is 12.8. The lowest BCUT2D eigenvalue weighted by atomic mass is 9.53. The highest BCUT2D eigenvalue weighted by Crippen LogP contribution is 2.58. The largest absolute Gasteiger partial charge is 0.0683 e. The van der Waals surface area contributed by atoms with Crippen LogP contribution in [0, 0.1) is 10.8 Å². The maximum atomic E-state index is 2.52. The third-order valence-corrected chi connectivity index (χ3v) is 5.09. The van der Waals surface area contributed by atoms with Gasteiger partial charge in [-0.1, -0.05) is 60.8 Å². The lowest BCUT2D eigenvalue weighted by Gasteiger charge is -2.52. The summed E-state index contributed by atoms with van der Waals surface area (Å²) < 4.78 is 0. The van der Waals surface area contributed by atoms with Crippen LogP contribution < -0.4 is 0 Å². The van der Waals surface area contributed by atoms with Crippen LogP contribution in [0.15, 0.2) is 0 Å². The van der Waals surface area contributed by atoms with Gasteiger partial charge < -0.3 is 0 Å². The third kappa shape index (κ3) is 4.94. The van der Waals surface area contributed by atoms with Gasteiger partial charge in [-0.3, -0.25) is 0 Å². The molecule has 0 heteroatoms. The van der Waals surface area contributed by atoms with Gasteiger partial charge in [0.25, 0.3) is 0 Å². The van der Waals surface area contributed by atoms with Crippen LogP contribution in [-0.2, 0) is 0 Å². The molecule has 0 aromatic rings. The van der Waals surface area contributed by atoms with E-state index in [0.717, 1.165) is 10.8 Å².